The van der Waals surface area contributed by atoms with Gasteiger partial charge in [0.1, 0.15) is 5.69 Å². The number of hydrogen-bond acceptors (Lipinski definition) is 4. The van der Waals surface area contributed by atoms with Gasteiger partial charge in [0.05, 0.1) is 5.56 Å². The zero-order valence-corrected chi connectivity index (χ0v) is 14.0. The Morgan fingerprint density at radius 2 is 1.63 bits per heavy atom. The van der Waals surface area contributed by atoms with Crippen molar-refractivity contribution in [3.8, 4) is 0 Å². The van der Waals surface area contributed by atoms with Crippen LogP contribution in [0.5, 0.6) is 0 Å². The Labute approximate surface area is 153 Å². The van der Waals surface area contributed by atoms with Gasteiger partial charge in [0.25, 0.3) is 5.91 Å². The minimum atomic E-state index is -4.38. The summed E-state index contributed by atoms with van der Waals surface area (Å²) in [6.07, 6.45) is 0.339. The summed E-state index contributed by atoms with van der Waals surface area (Å²) in [5, 5.41) is 5.70. The molecule has 0 bridgehead atoms. The Kier molecular flexibility index (Phi) is 5.35. The predicted octanol–water partition coefficient (Wildman–Crippen LogP) is 4.17. The van der Waals surface area contributed by atoms with Gasteiger partial charge >= 0.3 is 6.18 Å². The van der Waals surface area contributed by atoms with Crippen molar-refractivity contribution >= 4 is 17.3 Å². The minimum Gasteiger partial charge on any atom is -0.355 e. The van der Waals surface area contributed by atoms with Crippen LogP contribution in [0.2, 0.25) is 0 Å². The lowest BCUT2D eigenvalue weighted by Gasteiger charge is -2.10. The number of hydrogen-bond donors (Lipinski definition) is 2. The zero-order chi connectivity index (χ0) is 19.3. The van der Waals surface area contributed by atoms with Crippen LogP contribution in [0.3, 0.4) is 0 Å². The van der Waals surface area contributed by atoms with Crippen LogP contribution in [0, 0.1) is 0 Å². The van der Waals surface area contributed by atoms with Crippen molar-refractivity contribution in [2.24, 2.45) is 0 Å². The summed E-state index contributed by atoms with van der Waals surface area (Å²) in [6.45, 7) is 0.333. The minimum absolute atomic E-state index is 0.195. The topological polar surface area (TPSA) is 66.9 Å². The molecule has 2 aromatic heterocycles. The van der Waals surface area contributed by atoms with Gasteiger partial charge in [-0.2, -0.15) is 13.2 Å². The normalized spacial score (nSPS) is 11.1. The van der Waals surface area contributed by atoms with Crippen molar-refractivity contribution < 1.29 is 18.0 Å². The zero-order valence-electron chi connectivity index (χ0n) is 14.0. The van der Waals surface area contributed by atoms with Crippen molar-refractivity contribution in [3.63, 3.8) is 0 Å². The maximum atomic E-state index is 12.6. The highest BCUT2D eigenvalue weighted by atomic mass is 19.4. The molecule has 0 aliphatic carbocycles. The molecule has 0 radical (unpaired) electrons. The quantitative estimate of drug-likeness (QED) is 0.706. The van der Waals surface area contributed by atoms with Gasteiger partial charge in [-0.15, -0.1) is 0 Å². The summed E-state index contributed by atoms with van der Waals surface area (Å²) in [4.78, 5) is 20.2. The Bertz CT molecular complexity index is 912. The standard InChI is InChI=1S/C19H15F3N4O/c20-19(21,22)14-1-3-15(4-2-14)26-16-7-10-24-17(11-16)18(27)25-12-13-5-8-23-9-6-13/h1-11H,12H2,(H,24,26)(H,25,27). The van der Waals surface area contributed by atoms with E-state index < -0.39 is 11.7 Å². The first-order valence-corrected chi connectivity index (χ1v) is 7.99. The van der Waals surface area contributed by atoms with Gasteiger partial charge < -0.3 is 10.6 Å². The molecule has 0 aliphatic heterocycles. The number of carbonyl (C=O) groups is 1. The van der Waals surface area contributed by atoms with E-state index in [1.165, 1.54) is 24.4 Å². The number of benzene rings is 1. The number of anilines is 2. The number of halogens is 3. The molecule has 5 nitrogen and oxygen atoms in total. The van der Waals surface area contributed by atoms with E-state index in [4.69, 9.17) is 0 Å². The summed E-state index contributed by atoms with van der Waals surface area (Å²) in [5.74, 6) is -0.358. The number of pyridine rings is 2. The van der Waals surface area contributed by atoms with Crippen LogP contribution in [0.1, 0.15) is 21.6 Å². The molecule has 0 saturated heterocycles. The molecule has 8 heteroatoms. The van der Waals surface area contributed by atoms with Gasteiger partial charge in [0.15, 0.2) is 0 Å². The number of aromatic nitrogens is 2. The molecule has 1 aromatic carbocycles. The maximum absolute atomic E-state index is 12.6. The molecule has 0 spiro atoms. The lowest BCUT2D eigenvalue weighted by molar-refractivity contribution is -0.137. The lowest BCUT2D eigenvalue weighted by atomic mass is 10.2. The summed E-state index contributed by atoms with van der Waals surface area (Å²) in [7, 11) is 0. The second-order valence-electron chi connectivity index (χ2n) is 5.67. The fourth-order valence-electron chi connectivity index (χ4n) is 2.32. The van der Waals surface area contributed by atoms with E-state index in [0.717, 1.165) is 17.7 Å². The second-order valence-corrected chi connectivity index (χ2v) is 5.67. The van der Waals surface area contributed by atoms with Gasteiger partial charge in [-0.05, 0) is 54.1 Å². The number of alkyl halides is 3. The van der Waals surface area contributed by atoms with Crippen LogP contribution in [-0.2, 0) is 12.7 Å². The fraction of sp³-hybridized carbons (Fsp3) is 0.105. The van der Waals surface area contributed by atoms with Crippen LogP contribution in [0.25, 0.3) is 0 Å². The smallest absolute Gasteiger partial charge is 0.355 e. The average molecular weight is 372 g/mol. The van der Waals surface area contributed by atoms with Crippen molar-refractivity contribution in [3.05, 3.63) is 83.9 Å². The summed E-state index contributed by atoms with van der Waals surface area (Å²) >= 11 is 0. The molecule has 0 atom stereocenters. The Balaban J connectivity index is 1.65. The van der Waals surface area contributed by atoms with E-state index in [1.54, 1.807) is 30.6 Å². The Morgan fingerprint density at radius 1 is 0.926 bits per heavy atom. The molecule has 2 N–H and O–H groups in total. The maximum Gasteiger partial charge on any atom is 0.416 e. The van der Waals surface area contributed by atoms with Gasteiger partial charge in [0.2, 0.25) is 0 Å². The first-order valence-electron chi connectivity index (χ1n) is 7.99. The predicted molar refractivity (Wildman–Crippen MR) is 94.4 cm³/mol. The average Bonchev–Trinajstić information content (AvgIpc) is 2.67. The molecule has 138 valence electrons. The van der Waals surface area contributed by atoms with Gasteiger partial charge in [-0.25, -0.2) is 0 Å². The third-order valence-electron chi connectivity index (χ3n) is 3.70. The number of rotatable bonds is 5. The molecular formula is C19H15F3N4O. The third-order valence-corrected chi connectivity index (χ3v) is 3.70. The molecule has 0 saturated carbocycles. The number of nitrogens with one attached hydrogen (secondary N) is 2. The molecule has 1 amide bonds. The summed E-state index contributed by atoms with van der Waals surface area (Å²) < 4.78 is 37.8. The Morgan fingerprint density at radius 3 is 2.30 bits per heavy atom. The van der Waals surface area contributed by atoms with E-state index in [-0.39, 0.29) is 11.6 Å². The van der Waals surface area contributed by atoms with Crippen LogP contribution >= 0.6 is 0 Å². The Hall–Kier alpha value is -3.42. The SMILES string of the molecule is O=C(NCc1ccncc1)c1cc(Nc2ccc(C(F)(F)F)cc2)ccn1. The summed E-state index contributed by atoms with van der Waals surface area (Å²) in [5.41, 5.74) is 1.38. The van der Waals surface area contributed by atoms with Crippen molar-refractivity contribution in [2.45, 2.75) is 12.7 Å². The molecule has 2 heterocycles. The monoisotopic (exact) mass is 372 g/mol. The van der Waals surface area contributed by atoms with Crippen LogP contribution in [0.4, 0.5) is 24.5 Å². The molecule has 0 unspecified atom stereocenters. The van der Waals surface area contributed by atoms with E-state index in [9.17, 15) is 18.0 Å². The summed E-state index contributed by atoms with van der Waals surface area (Å²) in [6, 6.07) is 11.4. The van der Waals surface area contributed by atoms with Gasteiger partial charge in [-0.1, -0.05) is 0 Å². The molecule has 3 rings (SSSR count). The van der Waals surface area contributed by atoms with E-state index in [2.05, 4.69) is 20.6 Å². The highest BCUT2D eigenvalue weighted by molar-refractivity contribution is 5.93. The van der Waals surface area contributed by atoms with Crippen LogP contribution < -0.4 is 10.6 Å². The van der Waals surface area contributed by atoms with Crippen molar-refractivity contribution in [1.82, 2.24) is 15.3 Å². The van der Waals surface area contributed by atoms with E-state index >= 15 is 0 Å². The molecular weight excluding hydrogens is 357 g/mol. The largest absolute Gasteiger partial charge is 0.416 e. The number of amides is 1. The molecule has 27 heavy (non-hydrogen) atoms. The lowest BCUT2D eigenvalue weighted by Crippen LogP contribution is -2.23. The third kappa shape index (κ3) is 5.04. The number of nitrogens with zero attached hydrogens (tertiary/aromatic N) is 2. The van der Waals surface area contributed by atoms with Crippen LogP contribution in [-0.4, -0.2) is 15.9 Å². The number of carbonyl (C=O) groups excluding carboxylic acids is 1. The van der Waals surface area contributed by atoms with E-state index in [0.29, 0.717) is 17.9 Å². The highest BCUT2D eigenvalue weighted by Crippen LogP contribution is 2.30. The van der Waals surface area contributed by atoms with Crippen LogP contribution in [0.15, 0.2) is 67.1 Å². The van der Waals surface area contributed by atoms with E-state index in [1.807, 2.05) is 0 Å². The molecule has 0 aliphatic rings. The van der Waals surface area contributed by atoms with Gasteiger partial charge in [-0.3, -0.25) is 14.8 Å². The van der Waals surface area contributed by atoms with Gasteiger partial charge in [0, 0.05) is 36.5 Å². The highest BCUT2D eigenvalue weighted by Gasteiger charge is 2.29. The van der Waals surface area contributed by atoms with Crippen molar-refractivity contribution in [2.75, 3.05) is 5.32 Å². The fourth-order valence-corrected chi connectivity index (χ4v) is 2.32. The first kappa shape index (κ1) is 18.4. The van der Waals surface area contributed by atoms with Crippen molar-refractivity contribution in [1.29, 1.82) is 0 Å². The first-order chi connectivity index (χ1) is 12.9. The second kappa shape index (κ2) is 7.86. The molecule has 3 aromatic rings. The molecule has 0 fully saturated rings.